The van der Waals surface area contributed by atoms with Crippen molar-refractivity contribution in [3.05, 3.63) is 34.0 Å². The molecule has 1 fully saturated rings. The summed E-state index contributed by atoms with van der Waals surface area (Å²) in [5.41, 5.74) is 1.09. The summed E-state index contributed by atoms with van der Waals surface area (Å²) in [6.45, 7) is 13.8. The number of hydrogen-bond donors (Lipinski definition) is 2. The van der Waals surface area contributed by atoms with E-state index in [0.29, 0.717) is 6.54 Å². The molecule has 0 aliphatic carbocycles. The number of guanidine groups is 1. The Labute approximate surface area is 200 Å². The molecule has 0 bridgehead atoms. The maximum atomic E-state index is 4.72. The minimum Gasteiger partial charge on any atom is -0.357 e. The van der Waals surface area contributed by atoms with E-state index in [9.17, 15) is 0 Å². The summed E-state index contributed by atoms with van der Waals surface area (Å²) in [5, 5.41) is 7.89. The van der Waals surface area contributed by atoms with Gasteiger partial charge in [-0.1, -0.05) is 0 Å². The van der Waals surface area contributed by atoms with Crippen LogP contribution in [-0.4, -0.2) is 71.6 Å². The number of rotatable bonds is 8. The Hall–Kier alpha value is -1.53. The van der Waals surface area contributed by atoms with Crippen LogP contribution in [0.4, 0.5) is 5.95 Å². The molecule has 2 N–H and O–H groups in total. The Morgan fingerprint density at radius 3 is 2.50 bits per heavy atom. The summed E-state index contributed by atoms with van der Waals surface area (Å²) >= 11 is 1.73. The van der Waals surface area contributed by atoms with Gasteiger partial charge in [-0.25, -0.2) is 19.9 Å². The second kappa shape index (κ2) is 13.0. The van der Waals surface area contributed by atoms with E-state index in [1.165, 1.54) is 4.88 Å². The van der Waals surface area contributed by atoms with Crippen LogP contribution in [0, 0.1) is 13.8 Å². The van der Waals surface area contributed by atoms with Crippen LogP contribution in [0.2, 0.25) is 0 Å². The quantitative estimate of drug-likeness (QED) is 0.229. The van der Waals surface area contributed by atoms with Gasteiger partial charge in [0.2, 0.25) is 5.95 Å². The van der Waals surface area contributed by atoms with Crippen molar-refractivity contribution >= 4 is 47.2 Å². The molecular formula is C20H33IN8S. The lowest BCUT2D eigenvalue weighted by Gasteiger charge is -2.34. The monoisotopic (exact) mass is 544 g/mol. The number of aromatic nitrogens is 3. The zero-order valence-corrected chi connectivity index (χ0v) is 21.2. The van der Waals surface area contributed by atoms with E-state index in [1.807, 2.05) is 13.0 Å². The molecule has 166 valence electrons. The zero-order chi connectivity index (χ0) is 20.5. The lowest BCUT2D eigenvalue weighted by atomic mass is 10.3. The predicted octanol–water partition coefficient (Wildman–Crippen LogP) is 2.44. The Morgan fingerprint density at radius 2 is 1.87 bits per heavy atom. The van der Waals surface area contributed by atoms with Gasteiger partial charge in [-0.05, 0) is 39.8 Å². The van der Waals surface area contributed by atoms with E-state index in [2.05, 4.69) is 49.2 Å². The highest BCUT2D eigenvalue weighted by atomic mass is 127. The van der Waals surface area contributed by atoms with Gasteiger partial charge in [0.25, 0.3) is 0 Å². The summed E-state index contributed by atoms with van der Waals surface area (Å²) < 4.78 is 0. The number of thiazole rings is 1. The van der Waals surface area contributed by atoms with Gasteiger partial charge in [0, 0.05) is 56.5 Å². The number of piperazine rings is 1. The number of anilines is 1. The fraction of sp³-hybridized carbons (Fsp3) is 0.600. The normalized spacial score (nSPS) is 15.0. The highest BCUT2D eigenvalue weighted by Crippen LogP contribution is 2.17. The number of aryl methyl sites for hydroxylation is 2. The largest absolute Gasteiger partial charge is 0.357 e. The van der Waals surface area contributed by atoms with E-state index in [4.69, 9.17) is 4.99 Å². The molecule has 0 atom stereocenters. The van der Waals surface area contributed by atoms with Crippen LogP contribution in [0.15, 0.2) is 23.5 Å². The molecule has 8 nitrogen and oxygen atoms in total. The molecule has 1 saturated heterocycles. The fourth-order valence-electron chi connectivity index (χ4n) is 3.35. The van der Waals surface area contributed by atoms with Gasteiger partial charge >= 0.3 is 0 Å². The third kappa shape index (κ3) is 7.62. The van der Waals surface area contributed by atoms with E-state index in [1.54, 1.807) is 23.7 Å². The van der Waals surface area contributed by atoms with Crippen molar-refractivity contribution in [1.82, 2.24) is 30.5 Å². The van der Waals surface area contributed by atoms with Crippen LogP contribution in [0.3, 0.4) is 0 Å². The first-order chi connectivity index (χ1) is 14.2. The molecule has 2 aromatic rings. The minimum absolute atomic E-state index is 0. The molecule has 1 aliphatic heterocycles. The summed E-state index contributed by atoms with van der Waals surface area (Å²) in [6, 6.07) is 1.86. The molecule has 1 aliphatic rings. The minimum atomic E-state index is 0. The van der Waals surface area contributed by atoms with Crippen molar-refractivity contribution in [1.29, 1.82) is 0 Å². The van der Waals surface area contributed by atoms with Gasteiger partial charge in [0.15, 0.2) is 5.96 Å². The van der Waals surface area contributed by atoms with Crippen LogP contribution < -0.4 is 15.5 Å². The molecule has 10 heteroatoms. The number of nitrogens with one attached hydrogen (secondary N) is 2. The van der Waals surface area contributed by atoms with Gasteiger partial charge in [-0.15, -0.1) is 35.3 Å². The number of hydrogen-bond acceptors (Lipinski definition) is 7. The molecule has 3 rings (SSSR count). The van der Waals surface area contributed by atoms with Crippen LogP contribution in [0.25, 0.3) is 0 Å². The highest BCUT2D eigenvalue weighted by Gasteiger charge is 2.18. The third-order valence-corrected chi connectivity index (χ3v) is 5.93. The van der Waals surface area contributed by atoms with Crippen molar-refractivity contribution in [2.24, 2.45) is 4.99 Å². The molecule has 2 aromatic heterocycles. The van der Waals surface area contributed by atoms with Crippen LogP contribution >= 0.6 is 35.3 Å². The topological polar surface area (TPSA) is 81.6 Å². The molecular weight excluding hydrogens is 511 g/mol. The Kier molecular flexibility index (Phi) is 10.7. The molecule has 0 radical (unpaired) electrons. The molecule has 0 saturated carbocycles. The van der Waals surface area contributed by atoms with Gasteiger partial charge in [0.1, 0.15) is 0 Å². The zero-order valence-electron chi connectivity index (χ0n) is 18.1. The van der Waals surface area contributed by atoms with Crippen LogP contribution in [0.5, 0.6) is 0 Å². The van der Waals surface area contributed by atoms with Gasteiger partial charge < -0.3 is 15.5 Å². The smallest absolute Gasteiger partial charge is 0.225 e. The van der Waals surface area contributed by atoms with Gasteiger partial charge in [-0.2, -0.15) is 0 Å². The Balaban J connectivity index is 0.00000320. The van der Waals surface area contributed by atoms with Crippen molar-refractivity contribution in [2.45, 2.75) is 33.7 Å². The Bertz CT molecular complexity index is 774. The molecule has 0 spiro atoms. The summed E-state index contributed by atoms with van der Waals surface area (Å²) in [4.78, 5) is 23.9. The second-order valence-corrected chi connectivity index (χ2v) is 8.38. The average Bonchev–Trinajstić information content (AvgIpc) is 3.07. The lowest BCUT2D eigenvalue weighted by molar-refractivity contribution is 0.254. The first kappa shape index (κ1) is 24.7. The van der Waals surface area contributed by atoms with E-state index in [0.717, 1.165) is 74.8 Å². The van der Waals surface area contributed by atoms with Crippen molar-refractivity contribution in [2.75, 3.05) is 50.7 Å². The molecule has 0 unspecified atom stereocenters. The van der Waals surface area contributed by atoms with Crippen molar-refractivity contribution < 1.29 is 0 Å². The van der Waals surface area contributed by atoms with Gasteiger partial charge in [0.05, 0.1) is 17.2 Å². The molecule has 0 aromatic carbocycles. The average molecular weight is 545 g/mol. The third-order valence-electron chi connectivity index (χ3n) is 4.88. The number of nitrogens with zero attached hydrogens (tertiary/aromatic N) is 6. The SMILES string of the molecule is CCNC(=NCc1sc(C)nc1C)NCCCN1CCN(c2ncccn2)CC1.I. The maximum absolute atomic E-state index is 4.72. The Morgan fingerprint density at radius 1 is 1.13 bits per heavy atom. The first-order valence-corrected chi connectivity index (χ1v) is 11.2. The number of halogens is 1. The van der Waals surface area contributed by atoms with E-state index >= 15 is 0 Å². The maximum Gasteiger partial charge on any atom is 0.225 e. The molecule has 0 amide bonds. The second-order valence-electron chi connectivity index (χ2n) is 7.09. The molecule has 30 heavy (non-hydrogen) atoms. The number of aliphatic imine (C=N–C) groups is 1. The van der Waals surface area contributed by atoms with Crippen LogP contribution in [0.1, 0.15) is 28.9 Å². The van der Waals surface area contributed by atoms with Crippen LogP contribution in [-0.2, 0) is 6.54 Å². The first-order valence-electron chi connectivity index (χ1n) is 10.3. The van der Waals surface area contributed by atoms with E-state index < -0.39 is 0 Å². The summed E-state index contributed by atoms with van der Waals surface area (Å²) in [5.74, 6) is 1.72. The predicted molar refractivity (Wildman–Crippen MR) is 135 cm³/mol. The summed E-state index contributed by atoms with van der Waals surface area (Å²) in [6.07, 6.45) is 4.70. The highest BCUT2D eigenvalue weighted by molar-refractivity contribution is 14.0. The molecule has 3 heterocycles. The standard InChI is InChI=1S/C20H32N8S.HI/c1-4-21-19(25-15-18-16(2)26-17(3)29-18)22-9-6-10-27-11-13-28(14-12-27)20-23-7-5-8-24-20;/h5,7-8H,4,6,9-15H2,1-3H3,(H2,21,22,25);1H. The lowest BCUT2D eigenvalue weighted by Crippen LogP contribution is -2.47. The van der Waals surface area contributed by atoms with Crippen molar-refractivity contribution in [3.63, 3.8) is 0 Å². The van der Waals surface area contributed by atoms with Crippen molar-refractivity contribution in [3.8, 4) is 0 Å². The van der Waals surface area contributed by atoms with E-state index in [-0.39, 0.29) is 24.0 Å². The fourth-order valence-corrected chi connectivity index (χ4v) is 4.21. The summed E-state index contributed by atoms with van der Waals surface area (Å²) in [7, 11) is 0. The van der Waals surface area contributed by atoms with Gasteiger partial charge in [-0.3, -0.25) is 4.90 Å².